The first-order valence-electron chi connectivity index (χ1n) is 28.2. The number of likely N-dealkylation sites (N-methyl/N-ethyl adjacent to an activating group) is 1. The van der Waals surface area contributed by atoms with Crippen LogP contribution in [0.1, 0.15) is 277 Å². The monoisotopic (exact) mass is 940 g/mol. The van der Waals surface area contributed by atoms with E-state index in [-0.39, 0.29) is 19.1 Å². The fourth-order valence-electron chi connectivity index (χ4n) is 8.47. The molecule has 3 atom stereocenters. The van der Waals surface area contributed by atoms with Crippen molar-refractivity contribution in [2.75, 3.05) is 40.9 Å². The number of nitrogens with one attached hydrogen (secondary N) is 1. The Balaban J connectivity index is 4.15. The highest BCUT2D eigenvalue weighted by molar-refractivity contribution is 7.47. The predicted octanol–water partition coefficient (Wildman–Crippen LogP) is 16.8. The van der Waals surface area contributed by atoms with Gasteiger partial charge in [0.25, 0.3) is 0 Å². The Morgan fingerprint density at radius 3 is 1.23 bits per heavy atom. The van der Waals surface area contributed by atoms with Gasteiger partial charge in [0.15, 0.2) is 0 Å². The number of carbonyl (C=O) groups excluding carboxylic acids is 1. The van der Waals surface area contributed by atoms with Crippen LogP contribution in [0.25, 0.3) is 0 Å². The molecular weight excluding hydrogens is 828 g/mol. The van der Waals surface area contributed by atoms with Crippen LogP contribution in [-0.2, 0) is 18.4 Å². The van der Waals surface area contributed by atoms with Crippen LogP contribution in [0.3, 0.4) is 0 Å². The molecule has 0 saturated heterocycles. The van der Waals surface area contributed by atoms with Crippen LogP contribution in [0.15, 0.2) is 24.3 Å². The Hall–Kier alpha value is -1.02. The minimum atomic E-state index is -4.35. The molecule has 8 nitrogen and oxygen atoms in total. The normalized spacial score (nSPS) is 14.1. The summed E-state index contributed by atoms with van der Waals surface area (Å²) in [5.41, 5.74) is 0. The van der Waals surface area contributed by atoms with E-state index >= 15 is 0 Å². The number of rotatable bonds is 52. The van der Waals surface area contributed by atoms with Crippen molar-refractivity contribution in [1.82, 2.24) is 5.32 Å². The lowest BCUT2D eigenvalue weighted by Gasteiger charge is -2.25. The molecule has 0 radical (unpaired) electrons. The van der Waals surface area contributed by atoms with Crippen LogP contribution >= 0.6 is 7.82 Å². The summed E-state index contributed by atoms with van der Waals surface area (Å²) in [6.45, 7) is 4.83. The van der Waals surface area contributed by atoms with Gasteiger partial charge in [-0.15, -0.1) is 0 Å². The first-order valence-corrected chi connectivity index (χ1v) is 29.7. The molecule has 1 amide bonds. The summed E-state index contributed by atoms with van der Waals surface area (Å²) < 4.78 is 23.7. The fourth-order valence-corrected chi connectivity index (χ4v) is 9.21. The van der Waals surface area contributed by atoms with Crippen molar-refractivity contribution >= 4 is 13.7 Å². The number of hydrogen-bond acceptors (Lipinski definition) is 5. The maximum absolute atomic E-state index is 13.0. The molecule has 0 saturated carbocycles. The topological polar surface area (TPSA) is 105 Å². The molecule has 0 aromatic carbocycles. The zero-order chi connectivity index (χ0) is 47.8. The van der Waals surface area contributed by atoms with Gasteiger partial charge in [0.2, 0.25) is 5.91 Å². The lowest BCUT2D eigenvalue weighted by Crippen LogP contribution is -2.45. The summed E-state index contributed by atoms with van der Waals surface area (Å²) in [7, 11) is 1.57. The van der Waals surface area contributed by atoms with Crippen molar-refractivity contribution in [3.63, 3.8) is 0 Å². The molecule has 0 bridgehead atoms. The maximum atomic E-state index is 13.0. The molecule has 3 N–H and O–H groups in total. The van der Waals surface area contributed by atoms with Crippen molar-refractivity contribution in [3.8, 4) is 0 Å². The van der Waals surface area contributed by atoms with Crippen LogP contribution in [-0.4, -0.2) is 73.4 Å². The molecule has 0 aliphatic rings. The largest absolute Gasteiger partial charge is 0.472 e. The lowest BCUT2D eigenvalue weighted by atomic mass is 10.0. The number of quaternary nitrogens is 1. The molecule has 3 unspecified atom stereocenters. The number of hydrogen-bond donors (Lipinski definition) is 3. The van der Waals surface area contributed by atoms with Crippen LogP contribution in [0.4, 0.5) is 0 Å². The van der Waals surface area contributed by atoms with E-state index in [1.165, 1.54) is 218 Å². The van der Waals surface area contributed by atoms with Crippen molar-refractivity contribution in [3.05, 3.63) is 24.3 Å². The summed E-state index contributed by atoms with van der Waals surface area (Å²) >= 11 is 0. The van der Waals surface area contributed by atoms with E-state index in [1.54, 1.807) is 6.08 Å². The fraction of sp³-hybridized carbons (Fsp3) is 0.911. The van der Waals surface area contributed by atoms with Gasteiger partial charge in [-0.2, -0.15) is 0 Å². The number of phosphoric acid groups is 1. The molecule has 0 rings (SSSR count). The first kappa shape index (κ1) is 64.0. The number of carbonyl (C=O) groups is 1. The number of unbranched alkanes of at least 4 members (excludes halogenated alkanes) is 37. The summed E-state index contributed by atoms with van der Waals surface area (Å²) in [5, 5.41) is 13.9. The molecule has 0 spiro atoms. The average Bonchev–Trinajstić information content (AvgIpc) is 3.26. The Bertz CT molecular complexity index is 1110. The minimum Gasteiger partial charge on any atom is -0.387 e. The second kappa shape index (κ2) is 48.0. The smallest absolute Gasteiger partial charge is 0.387 e. The predicted molar refractivity (Wildman–Crippen MR) is 281 cm³/mol. The van der Waals surface area contributed by atoms with Gasteiger partial charge < -0.3 is 19.8 Å². The maximum Gasteiger partial charge on any atom is 0.472 e. The van der Waals surface area contributed by atoms with Crippen molar-refractivity contribution in [1.29, 1.82) is 0 Å². The molecule has 386 valence electrons. The van der Waals surface area contributed by atoms with Gasteiger partial charge in [0, 0.05) is 6.42 Å². The number of aliphatic hydroxyl groups is 1. The van der Waals surface area contributed by atoms with E-state index < -0.39 is 20.0 Å². The van der Waals surface area contributed by atoms with Gasteiger partial charge in [0.05, 0.1) is 39.9 Å². The van der Waals surface area contributed by atoms with Crippen LogP contribution in [0.2, 0.25) is 0 Å². The highest BCUT2D eigenvalue weighted by Crippen LogP contribution is 2.43. The second-order valence-electron chi connectivity index (χ2n) is 20.7. The number of allylic oxidation sites excluding steroid dienone is 3. The molecule has 0 fully saturated rings. The average molecular weight is 940 g/mol. The van der Waals surface area contributed by atoms with Crippen molar-refractivity contribution in [2.45, 2.75) is 289 Å². The molecule has 0 aliphatic carbocycles. The second-order valence-corrected chi connectivity index (χ2v) is 22.1. The molecular formula is C56H112N2O6P+. The first-order chi connectivity index (χ1) is 31.5. The number of nitrogens with zero attached hydrogens (tertiary/aromatic N) is 1. The number of aliphatic hydroxyl groups excluding tert-OH is 1. The van der Waals surface area contributed by atoms with Gasteiger partial charge in [-0.25, -0.2) is 4.57 Å². The summed E-state index contributed by atoms with van der Waals surface area (Å²) in [6.07, 6.45) is 60.0. The van der Waals surface area contributed by atoms with E-state index in [1.807, 2.05) is 27.2 Å². The Kier molecular flexibility index (Phi) is 47.3. The summed E-state index contributed by atoms with van der Waals surface area (Å²) in [4.78, 5) is 23.3. The quantitative estimate of drug-likeness (QED) is 0.0243. The molecule has 65 heavy (non-hydrogen) atoms. The molecule has 0 aromatic rings. The van der Waals surface area contributed by atoms with Gasteiger partial charge in [-0.05, 0) is 32.1 Å². The SMILES string of the molecule is CCCCCCCCCCCC/C=C/CC/C=C/C(O)C(COP(=O)(O)OCC[N+](C)(C)C)NC(=O)CCCCCCCCCCCCCCCCCCCCCCCCCCCCC. The van der Waals surface area contributed by atoms with Gasteiger partial charge >= 0.3 is 7.82 Å². The van der Waals surface area contributed by atoms with E-state index in [0.29, 0.717) is 17.4 Å². The summed E-state index contributed by atoms with van der Waals surface area (Å²) in [6, 6.07) is -0.859. The molecule has 0 aliphatic heterocycles. The lowest BCUT2D eigenvalue weighted by molar-refractivity contribution is -0.870. The van der Waals surface area contributed by atoms with E-state index in [2.05, 4.69) is 31.3 Å². The Labute approximate surface area is 404 Å². The van der Waals surface area contributed by atoms with Gasteiger partial charge in [0.1, 0.15) is 13.2 Å². The van der Waals surface area contributed by atoms with Crippen LogP contribution < -0.4 is 5.32 Å². The van der Waals surface area contributed by atoms with Crippen molar-refractivity contribution in [2.24, 2.45) is 0 Å². The Morgan fingerprint density at radius 1 is 0.508 bits per heavy atom. The highest BCUT2D eigenvalue weighted by atomic mass is 31.2. The molecule has 9 heteroatoms. The third-order valence-corrected chi connectivity index (χ3v) is 13.9. The van der Waals surface area contributed by atoms with E-state index in [9.17, 15) is 19.4 Å². The summed E-state index contributed by atoms with van der Waals surface area (Å²) in [5.74, 6) is -0.181. The number of phosphoric ester groups is 1. The molecule has 0 aromatic heterocycles. The standard InChI is InChI=1S/C56H111N2O6P/c1-6-8-10-12-14-16-18-20-22-24-25-26-27-28-29-30-31-32-33-34-36-38-40-42-44-46-48-50-56(60)57-54(53-64-65(61,62)63-52-51-58(3,4)5)55(59)49-47-45-43-41-39-37-35-23-21-19-17-15-13-11-9-7-2/h39,41,47,49,54-55,59H,6-38,40,42-46,48,50-53H2,1-5H3,(H-,57,60,61,62)/p+1/b41-39+,49-47+. The third kappa shape index (κ3) is 50.7. The zero-order valence-corrected chi connectivity index (χ0v) is 44.9. The van der Waals surface area contributed by atoms with Gasteiger partial charge in [-0.1, -0.05) is 263 Å². The van der Waals surface area contributed by atoms with Crippen molar-refractivity contribution < 1.29 is 32.9 Å². The van der Waals surface area contributed by atoms with Crippen LogP contribution in [0.5, 0.6) is 0 Å². The Morgan fingerprint density at radius 2 is 0.846 bits per heavy atom. The minimum absolute atomic E-state index is 0.0586. The van der Waals surface area contributed by atoms with E-state index in [4.69, 9.17) is 9.05 Å². The third-order valence-electron chi connectivity index (χ3n) is 12.9. The van der Waals surface area contributed by atoms with E-state index in [0.717, 1.165) is 38.5 Å². The number of amides is 1. The molecule has 0 heterocycles. The van der Waals surface area contributed by atoms with Gasteiger partial charge in [-0.3, -0.25) is 13.8 Å². The zero-order valence-electron chi connectivity index (χ0n) is 44.0. The van der Waals surface area contributed by atoms with Crippen LogP contribution in [0, 0.1) is 0 Å². The highest BCUT2D eigenvalue weighted by Gasteiger charge is 2.27.